The van der Waals surface area contributed by atoms with E-state index in [1.54, 1.807) is 30.0 Å². The second kappa shape index (κ2) is 9.97. The van der Waals surface area contributed by atoms with Crippen molar-refractivity contribution in [3.8, 4) is 5.75 Å². The van der Waals surface area contributed by atoms with Crippen molar-refractivity contribution >= 4 is 16.1 Å². The van der Waals surface area contributed by atoms with E-state index < -0.39 is 10.1 Å². The van der Waals surface area contributed by atoms with Crippen LogP contribution in [0.25, 0.3) is 0 Å². The Morgan fingerprint density at radius 2 is 1.96 bits per heavy atom. The molecule has 27 heavy (non-hydrogen) atoms. The van der Waals surface area contributed by atoms with Gasteiger partial charge in [-0.25, -0.2) is 4.79 Å². The van der Waals surface area contributed by atoms with Crippen LogP contribution in [0.1, 0.15) is 58.4 Å². The zero-order chi connectivity index (χ0) is 19.9. The van der Waals surface area contributed by atoms with Gasteiger partial charge in [-0.3, -0.25) is 0 Å². The standard InChI is InChI=1S/C20H32N2O4S/c1-4-27(24,25)26-19-12-8-9-17(13-19)15-22(14-16(2)3)20(23)21-18-10-6-5-7-11-18/h8-9,12-13,16,18H,4-7,10-11,14-15H2,1-3H3,(H,21,23). The average molecular weight is 397 g/mol. The van der Waals surface area contributed by atoms with E-state index in [2.05, 4.69) is 19.2 Å². The molecule has 0 unspecified atom stereocenters. The van der Waals surface area contributed by atoms with Crippen LogP contribution in [0.15, 0.2) is 24.3 Å². The SMILES string of the molecule is CCS(=O)(=O)Oc1cccc(CN(CC(C)C)C(=O)NC2CCCCC2)c1. The molecular weight excluding hydrogens is 364 g/mol. The van der Waals surface area contributed by atoms with Crippen LogP contribution in [-0.2, 0) is 16.7 Å². The summed E-state index contributed by atoms with van der Waals surface area (Å²) in [6.07, 6.45) is 5.66. The molecule has 0 heterocycles. The van der Waals surface area contributed by atoms with Gasteiger partial charge in [-0.2, -0.15) is 8.42 Å². The summed E-state index contributed by atoms with van der Waals surface area (Å²) >= 11 is 0. The van der Waals surface area contributed by atoms with E-state index in [0.29, 0.717) is 19.0 Å². The molecule has 2 rings (SSSR count). The lowest BCUT2D eigenvalue weighted by Gasteiger charge is -2.29. The lowest BCUT2D eigenvalue weighted by molar-refractivity contribution is 0.180. The maximum absolute atomic E-state index is 12.8. The van der Waals surface area contributed by atoms with Crippen molar-refractivity contribution in [3.63, 3.8) is 0 Å². The van der Waals surface area contributed by atoms with E-state index in [1.165, 1.54) is 19.3 Å². The van der Waals surface area contributed by atoms with Gasteiger partial charge in [0.2, 0.25) is 0 Å². The van der Waals surface area contributed by atoms with Gasteiger partial charge >= 0.3 is 16.1 Å². The minimum atomic E-state index is -3.57. The van der Waals surface area contributed by atoms with Gasteiger partial charge in [0.05, 0.1) is 5.75 Å². The van der Waals surface area contributed by atoms with Crippen LogP contribution in [0.2, 0.25) is 0 Å². The number of nitrogens with zero attached hydrogens (tertiary/aromatic N) is 1. The van der Waals surface area contributed by atoms with Crippen LogP contribution >= 0.6 is 0 Å². The van der Waals surface area contributed by atoms with Crippen molar-refractivity contribution in [1.82, 2.24) is 10.2 Å². The second-order valence-electron chi connectivity index (χ2n) is 7.64. The third kappa shape index (κ3) is 7.40. The van der Waals surface area contributed by atoms with Crippen molar-refractivity contribution in [2.75, 3.05) is 12.3 Å². The largest absolute Gasteiger partial charge is 0.382 e. The first kappa shape index (κ1) is 21.5. The number of hydrogen-bond donors (Lipinski definition) is 1. The number of amides is 2. The number of nitrogens with one attached hydrogen (secondary N) is 1. The number of urea groups is 1. The summed E-state index contributed by atoms with van der Waals surface area (Å²) in [6.45, 7) is 6.75. The number of carbonyl (C=O) groups is 1. The molecule has 1 N–H and O–H groups in total. The summed E-state index contributed by atoms with van der Waals surface area (Å²) in [6, 6.07) is 7.14. The highest BCUT2D eigenvalue weighted by atomic mass is 32.2. The molecule has 0 aliphatic heterocycles. The van der Waals surface area contributed by atoms with Crippen LogP contribution in [0, 0.1) is 5.92 Å². The molecule has 1 aliphatic rings. The third-order valence-electron chi connectivity index (χ3n) is 4.65. The van der Waals surface area contributed by atoms with E-state index in [9.17, 15) is 13.2 Å². The Kier molecular flexibility index (Phi) is 7.95. The molecule has 7 heteroatoms. The Bertz CT molecular complexity index is 712. The fourth-order valence-electron chi connectivity index (χ4n) is 3.29. The van der Waals surface area contributed by atoms with E-state index in [0.717, 1.165) is 18.4 Å². The van der Waals surface area contributed by atoms with Crippen LogP contribution in [0.5, 0.6) is 5.75 Å². The molecule has 0 spiro atoms. The monoisotopic (exact) mass is 396 g/mol. The van der Waals surface area contributed by atoms with E-state index in [4.69, 9.17) is 4.18 Å². The summed E-state index contributed by atoms with van der Waals surface area (Å²) in [4.78, 5) is 14.6. The van der Waals surface area contributed by atoms with Crippen LogP contribution < -0.4 is 9.50 Å². The minimum absolute atomic E-state index is 0.0527. The predicted molar refractivity (Wildman–Crippen MR) is 107 cm³/mol. The normalized spacial score (nSPS) is 15.6. The molecular formula is C20H32N2O4S. The summed E-state index contributed by atoms with van der Waals surface area (Å²) in [7, 11) is -3.57. The Balaban J connectivity index is 2.07. The lowest BCUT2D eigenvalue weighted by Crippen LogP contribution is -2.46. The molecule has 1 aromatic rings. The Hall–Kier alpha value is -1.76. The highest BCUT2D eigenvalue weighted by molar-refractivity contribution is 7.87. The molecule has 152 valence electrons. The summed E-state index contributed by atoms with van der Waals surface area (Å²) < 4.78 is 28.5. The minimum Gasteiger partial charge on any atom is -0.382 e. The first-order chi connectivity index (χ1) is 12.8. The quantitative estimate of drug-likeness (QED) is 0.676. The smallest absolute Gasteiger partial charge is 0.317 e. The van der Waals surface area contributed by atoms with Crippen molar-refractivity contribution in [2.24, 2.45) is 5.92 Å². The van der Waals surface area contributed by atoms with E-state index in [-0.39, 0.29) is 23.6 Å². The highest BCUT2D eigenvalue weighted by Gasteiger charge is 2.21. The van der Waals surface area contributed by atoms with Crippen LogP contribution in [-0.4, -0.2) is 37.7 Å². The molecule has 0 bridgehead atoms. The Morgan fingerprint density at radius 1 is 1.26 bits per heavy atom. The lowest BCUT2D eigenvalue weighted by atomic mass is 9.96. The fraction of sp³-hybridized carbons (Fsp3) is 0.650. The van der Waals surface area contributed by atoms with Gasteiger partial charge in [-0.05, 0) is 43.4 Å². The van der Waals surface area contributed by atoms with Crippen molar-refractivity contribution < 1.29 is 17.4 Å². The third-order valence-corrected chi connectivity index (χ3v) is 5.81. The highest BCUT2D eigenvalue weighted by Crippen LogP contribution is 2.20. The fourth-order valence-corrected chi connectivity index (χ4v) is 3.81. The van der Waals surface area contributed by atoms with Crippen molar-refractivity contribution in [2.45, 2.75) is 65.5 Å². The Morgan fingerprint density at radius 3 is 2.59 bits per heavy atom. The van der Waals surface area contributed by atoms with Crippen molar-refractivity contribution in [3.05, 3.63) is 29.8 Å². The topological polar surface area (TPSA) is 75.7 Å². The molecule has 1 aliphatic carbocycles. The zero-order valence-corrected chi connectivity index (χ0v) is 17.4. The van der Waals surface area contributed by atoms with Gasteiger partial charge in [0.1, 0.15) is 5.75 Å². The molecule has 6 nitrogen and oxygen atoms in total. The van der Waals surface area contributed by atoms with E-state index in [1.807, 2.05) is 6.07 Å². The predicted octanol–water partition coefficient (Wildman–Crippen LogP) is 3.92. The molecule has 1 fully saturated rings. The van der Waals surface area contributed by atoms with Crippen LogP contribution in [0.3, 0.4) is 0 Å². The van der Waals surface area contributed by atoms with Crippen LogP contribution in [0.4, 0.5) is 4.79 Å². The van der Waals surface area contributed by atoms with E-state index >= 15 is 0 Å². The first-order valence-corrected chi connectivity index (χ1v) is 11.4. The van der Waals surface area contributed by atoms with Gasteiger partial charge in [-0.1, -0.05) is 45.2 Å². The molecule has 0 radical (unpaired) electrons. The number of carbonyl (C=O) groups excluding carboxylic acids is 1. The van der Waals surface area contributed by atoms with Crippen molar-refractivity contribution in [1.29, 1.82) is 0 Å². The van der Waals surface area contributed by atoms with Gasteiger partial charge in [0, 0.05) is 19.1 Å². The molecule has 0 saturated heterocycles. The van der Waals surface area contributed by atoms with Gasteiger partial charge in [0.15, 0.2) is 0 Å². The second-order valence-corrected chi connectivity index (χ2v) is 9.50. The number of hydrogen-bond acceptors (Lipinski definition) is 4. The summed E-state index contributed by atoms with van der Waals surface area (Å²) in [5, 5.41) is 3.17. The number of benzene rings is 1. The summed E-state index contributed by atoms with van der Waals surface area (Å²) in [5.41, 5.74) is 0.846. The first-order valence-electron chi connectivity index (χ1n) is 9.85. The maximum Gasteiger partial charge on any atom is 0.317 e. The average Bonchev–Trinajstić information content (AvgIpc) is 2.61. The zero-order valence-electron chi connectivity index (χ0n) is 16.6. The Labute approximate surface area is 163 Å². The molecule has 1 saturated carbocycles. The molecule has 0 atom stereocenters. The molecule has 1 aromatic carbocycles. The maximum atomic E-state index is 12.8. The van der Waals surface area contributed by atoms with Gasteiger partial charge in [0.25, 0.3) is 0 Å². The number of rotatable bonds is 8. The molecule has 2 amide bonds. The van der Waals surface area contributed by atoms with Gasteiger partial charge in [-0.15, -0.1) is 0 Å². The summed E-state index contributed by atoms with van der Waals surface area (Å²) in [5.74, 6) is 0.536. The van der Waals surface area contributed by atoms with Gasteiger partial charge < -0.3 is 14.4 Å². The molecule has 0 aromatic heterocycles.